The highest BCUT2D eigenvalue weighted by atomic mass is 35.5. The molecule has 138 valence electrons. The first kappa shape index (κ1) is 18.7. The largest absolute Gasteiger partial charge is 0.465 e. The molecule has 4 nitrogen and oxygen atoms in total. The Balaban J connectivity index is 1.97. The number of hydrogen-bond donors (Lipinski definition) is 2. The van der Waals surface area contributed by atoms with Crippen LogP contribution in [-0.4, -0.2) is 34.3 Å². The lowest BCUT2D eigenvalue weighted by molar-refractivity contribution is 0.0506. The number of hydrogen-bond acceptors (Lipinski definition) is 2. The minimum Gasteiger partial charge on any atom is -0.465 e. The number of carbonyl (C=O) groups is 1. The van der Waals surface area contributed by atoms with Gasteiger partial charge in [0.1, 0.15) is 0 Å². The Morgan fingerprint density at radius 1 is 1.31 bits per heavy atom. The maximum absolute atomic E-state index is 11.3. The van der Waals surface area contributed by atoms with Gasteiger partial charge in [0.15, 0.2) is 0 Å². The van der Waals surface area contributed by atoms with Crippen molar-refractivity contribution in [3.05, 3.63) is 58.6 Å². The number of benzene rings is 2. The van der Waals surface area contributed by atoms with Gasteiger partial charge in [-0.15, -0.1) is 0 Å². The fourth-order valence-corrected chi connectivity index (χ4v) is 4.02. The van der Waals surface area contributed by atoms with E-state index in [1.807, 2.05) is 30.3 Å². The van der Waals surface area contributed by atoms with Crippen LogP contribution in [0.15, 0.2) is 42.5 Å². The highest BCUT2D eigenvalue weighted by molar-refractivity contribution is 6.33. The number of halogens is 1. The van der Waals surface area contributed by atoms with Crippen LogP contribution in [0.2, 0.25) is 5.02 Å². The van der Waals surface area contributed by atoms with Gasteiger partial charge in [-0.05, 0) is 42.0 Å². The molecular formula is C21H24ClNO3. The van der Waals surface area contributed by atoms with E-state index in [-0.39, 0.29) is 5.92 Å². The number of aliphatic hydroxyl groups is 1. The third kappa shape index (κ3) is 3.87. The van der Waals surface area contributed by atoms with Crippen molar-refractivity contribution in [2.75, 3.05) is 13.1 Å². The summed E-state index contributed by atoms with van der Waals surface area (Å²) in [4.78, 5) is 12.7. The fourth-order valence-electron chi connectivity index (χ4n) is 3.73. The van der Waals surface area contributed by atoms with Gasteiger partial charge in [-0.2, -0.15) is 0 Å². The molecule has 1 unspecified atom stereocenters. The third-order valence-electron chi connectivity index (χ3n) is 5.16. The molecule has 0 radical (unpaired) electrons. The van der Waals surface area contributed by atoms with Gasteiger partial charge in [-0.25, -0.2) is 4.79 Å². The predicted octanol–water partition coefficient (Wildman–Crippen LogP) is 4.99. The Hall–Kier alpha value is -2.04. The number of nitrogens with zero attached hydrogens (tertiary/aromatic N) is 1. The molecule has 1 aliphatic rings. The predicted molar refractivity (Wildman–Crippen MR) is 104 cm³/mol. The SMILES string of the molecule is CCc1cccc(-c2c(Cl)cccc2C(O)[C@@H]2CCCN(C(=O)O)C2)c1. The van der Waals surface area contributed by atoms with Crippen molar-refractivity contribution in [1.82, 2.24) is 4.90 Å². The van der Waals surface area contributed by atoms with E-state index in [1.54, 1.807) is 0 Å². The zero-order valence-electron chi connectivity index (χ0n) is 14.9. The van der Waals surface area contributed by atoms with Crippen molar-refractivity contribution in [3.63, 3.8) is 0 Å². The van der Waals surface area contributed by atoms with Crippen LogP contribution in [0.3, 0.4) is 0 Å². The number of rotatable bonds is 4. The molecule has 0 aliphatic carbocycles. The second-order valence-corrected chi connectivity index (χ2v) is 7.24. The van der Waals surface area contributed by atoms with Crippen molar-refractivity contribution in [2.45, 2.75) is 32.3 Å². The van der Waals surface area contributed by atoms with Crippen LogP contribution in [0.1, 0.15) is 37.0 Å². The lowest BCUT2D eigenvalue weighted by Crippen LogP contribution is -2.40. The fraction of sp³-hybridized carbons (Fsp3) is 0.381. The van der Waals surface area contributed by atoms with E-state index in [9.17, 15) is 15.0 Å². The Morgan fingerprint density at radius 2 is 2.08 bits per heavy atom. The van der Waals surface area contributed by atoms with Crippen LogP contribution >= 0.6 is 11.6 Å². The molecule has 1 aliphatic heterocycles. The van der Waals surface area contributed by atoms with Gasteiger partial charge in [0.25, 0.3) is 0 Å². The minimum absolute atomic E-state index is 0.133. The Bertz CT molecular complexity index is 793. The number of likely N-dealkylation sites (tertiary alicyclic amines) is 1. The van der Waals surface area contributed by atoms with E-state index in [0.717, 1.165) is 36.0 Å². The number of aliphatic hydroxyl groups excluding tert-OH is 1. The van der Waals surface area contributed by atoms with E-state index in [0.29, 0.717) is 18.1 Å². The summed E-state index contributed by atoms with van der Waals surface area (Å²) in [5.74, 6) is -0.133. The average Bonchev–Trinajstić information content (AvgIpc) is 2.67. The van der Waals surface area contributed by atoms with Crippen LogP contribution in [-0.2, 0) is 6.42 Å². The van der Waals surface area contributed by atoms with Crippen LogP contribution in [0, 0.1) is 5.92 Å². The molecule has 1 heterocycles. The summed E-state index contributed by atoms with van der Waals surface area (Å²) in [6.07, 6.45) is 0.799. The second-order valence-electron chi connectivity index (χ2n) is 6.83. The van der Waals surface area contributed by atoms with Gasteiger partial charge in [0.05, 0.1) is 6.10 Å². The number of piperidine rings is 1. The number of amides is 1. The normalized spacial score (nSPS) is 18.6. The molecule has 2 aromatic rings. The standard InChI is InChI=1S/C21H24ClNO3/c1-2-14-6-3-7-15(12-14)19-17(9-4-10-18(19)22)20(24)16-8-5-11-23(13-16)21(25)26/h3-4,6-7,9-10,12,16,20,24H,2,5,8,11,13H2,1H3,(H,25,26)/t16-,20?/m1/s1. The van der Waals surface area contributed by atoms with Crippen LogP contribution < -0.4 is 0 Å². The van der Waals surface area contributed by atoms with Gasteiger partial charge in [-0.3, -0.25) is 0 Å². The highest BCUT2D eigenvalue weighted by Crippen LogP contribution is 2.39. The molecule has 2 atom stereocenters. The molecule has 1 saturated heterocycles. The smallest absolute Gasteiger partial charge is 0.407 e. The van der Waals surface area contributed by atoms with Gasteiger partial charge in [0, 0.05) is 29.6 Å². The first-order valence-corrected chi connectivity index (χ1v) is 9.42. The molecule has 1 amide bonds. The van der Waals surface area contributed by atoms with E-state index < -0.39 is 12.2 Å². The summed E-state index contributed by atoms with van der Waals surface area (Å²) in [6.45, 7) is 2.97. The summed E-state index contributed by atoms with van der Waals surface area (Å²) in [5.41, 5.74) is 3.79. The molecule has 2 aromatic carbocycles. The molecule has 26 heavy (non-hydrogen) atoms. The molecule has 0 bridgehead atoms. The van der Waals surface area contributed by atoms with E-state index >= 15 is 0 Å². The molecule has 2 N–H and O–H groups in total. The molecule has 3 rings (SSSR count). The average molecular weight is 374 g/mol. The molecular weight excluding hydrogens is 350 g/mol. The lowest BCUT2D eigenvalue weighted by atomic mass is 9.85. The first-order valence-electron chi connectivity index (χ1n) is 9.05. The van der Waals surface area contributed by atoms with Gasteiger partial charge in [-0.1, -0.05) is 54.9 Å². The zero-order valence-corrected chi connectivity index (χ0v) is 15.6. The summed E-state index contributed by atoms with van der Waals surface area (Å²) in [5, 5.41) is 20.9. The van der Waals surface area contributed by atoms with Crippen molar-refractivity contribution in [1.29, 1.82) is 0 Å². The monoisotopic (exact) mass is 373 g/mol. The molecule has 0 aromatic heterocycles. The Labute approximate surface area is 159 Å². The number of aryl methyl sites for hydroxylation is 1. The topological polar surface area (TPSA) is 60.8 Å². The van der Waals surface area contributed by atoms with E-state index in [1.165, 1.54) is 10.5 Å². The lowest BCUT2D eigenvalue weighted by Gasteiger charge is -2.34. The second kappa shape index (κ2) is 8.11. The van der Waals surface area contributed by atoms with Gasteiger partial charge in [0.2, 0.25) is 0 Å². The minimum atomic E-state index is -0.927. The summed E-state index contributed by atoms with van der Waals surface area (Å²) in [6, 6.07) is 13.7. The van der Waals surface area contributed by atoms with Crippen LogP contribution in [0.25, 0.3) is 11.1 Å². The van der Waals surface area contributed by atoms with E-state index in [2.05, 4.69) is 19.1 Å². The number of carboxylic acid groups (broad SMARTS) is 1. The van der Waals surface area contributed by atoms with Crippen molar-refractivity contribution < 1.29 is 15.0 Å². The van der Waals surface area contributed by atoms with Gasteiger partial charge < -0.3 is 15.1 Å². The van der Waals surface area contributed by atoms with Crippen molar-refractivity contribution in [2.24, 2.45) is 5.92 Å². The Morgan fingerprint density at radius 3 is 2.81 bits per heavy atom. The Kier molecular flexibility index (Phi) is 5.84. The summed E-state index contributed by atoms with van der Waals surface area (Å²) < 4.78 is 0. The summed E-state index contributed by atoms with van der Waals surface area (Å²) >= 11 is 6.51. The van der Waals surface area contributed by atoms with Crippen molar-refractivity contribution >= 4 is 17.7 Å². The van der Waals surface area contributed by atoms with Crippen LogP contribution in [0.5, 0.6) is 0 Å². The quantitative estimate of drug-likeness (QED) is 0.793. The maximum Gasteiger partial charge on any atom is 0.407 e. The van der Waals surface area contributed by atoms with E-state index in [4.69, 9.17) is 11.6 Å². The zero-order chi connectivity index (χ0) is 18.7. The van der Waals surface area contributed by atoms with Crippen molar-refractivity contribution in [3.8, 4) is 11.1 Å². The molecule has 5 heteroatoms. The molecule has 0 spiro atoms. The first-order chi connectivity index (χ1) is 12.5. The maximum atomic E-state index is 11.3. The highest BCUT2D eigenvalue weighted by Gasteiger charge is 2.30. The van der Waals surface area contributed by atoms with Gasteiger partial charge >= 0.3 is 6.09 Å². The molecule has 1 fully saturated rings. The third-order valence-corrected chi connectivity index (χ3v) is 5.48. The summed E-state index contributed by atoms with van der Waals surface area (Å²) in [7, 11) is 0. The molecule has 0 saturated carbocycles. The van der Waals surface area contributed by atoms with Crippen LogP contribution in [0.4, 0.5) is 4.79 Å².